The lowest BCUT2D eigenvalue weighted by Crippen LogP contribution is -2.48. The third kappa shape index (κ3) is 5.57. The summed E-state index contributed by atoms with van der Waals surface area (Å²) in [5, 5.41) is 3.84. The molecule has 2 heterocycles. The van der Waals surface area contributed by atoms with Crippen LogP contribution in [0.25, 0.3) is 0 Å². The molecule has 1 aliphatic rings. The lowest BCUT2D eigenvalue weighted by molar-refractivity contribution is 0.0635. The van der Waals surface area contributed by atoms with Crippen LogP contribution in [-0.2, 0) is 0 Å². The van der Waals surface area contributed by atoms with Crippen LogP contribution in [0.1, 0.15) is 40.2 Å². The molecular formula is C25H26F2N2OS. The molecule has 3 aromatic rings. The van der Waals surface area contributed by atoms with Crippen molar-refractivity contribution >= 4 is 17.2 Å². The maximum Gasteiger partial charge on any atom is 0.254 e. The van der Waals surface area contributed by atoms with Gasteiger partial charge < -0.3 is 4.90 Å². The maximum atomic E-state index is 13.4. The van der Waals surface area contributed by atoms with Gasteiger partial charge in [0.1, 0.15) is 11.6 Å². The van der Waals surface area contributed by atoms with E-state index >= 15 is 0 Å². The number of amides is 1. The summed E-state index contributed by atoms with van der Waals surface area (Å²) < 4.78 is 26.8. The van der Waals surface area contributed by atoms with Crippen molar-refractivity contribution in [2.24, 2.45) is 0 Å². The highest BCUT2D eigenvalue weighted by atomic mass is 32.1. The van der Waals surface area contributed by atoms with Gasteiger partial charge in [-0.3, -0.25) is 9.69 Å². The highest BCUT2D eigenvalue weighted by molar-refractivity contribution is 7.08. The molecule has 1 fully saturated rings. The van der Waals surface area contributed by atoms with Crippen molar-refractivity contribution in [2.45, 2.75) is 18.8 Å². The lowest BCUT2D eigenvalue weighted by Gasteiger charge is -2.35. The SMILES string of the molecule is O=C(c1ccsc1)N1CCN(CCCC(c2ccc(F)cc2)c2ccc(F)cc2)CC1. The molecule has 0 radical (unpaired) electrons. The number of thiophene rings is 1. The topological polar surface area (TPSA) is 23.6 Å². The fourth-order valence-corrected chi connectivity index (χ4v) is 4.81. The van der Waals surface area contributed by atoms with E-state index in [1.165, 1.54) is 24.3 Å². The van der Waals surface area contributed by atoms with Crippen LogP contribution in [0.5, 0.6) is 0 Å². The number of hydrogen-bond donors (Lipinski definition) is 0. The first-order valence-electron chi connectivity index (χ1n) is 10.6. The zero-order valence-electron chi connectivity index (χ0n) is 17.3. The largest absolute Gasteiger partial charge is 0.336 e. The Balaban J connectivity index is 1.32. The van der Waals surface area contributed by atoms with Crippen LogP contribution in [0.3, 0.4) is 0 Å². The summed E-state index contributed by atoms with van der Waals surface area (Å²) in [7, 11) is 0. The summed E-state index contributed by atoms with van der Waals surface area (Å²) >= 11 is 1.54. The third-order valence-corrected chi connectivity index (χ3v) is 6.62. The van der Waals surface area contributed by atoms with Crippen LogP contribution < -0.4 is 0 Å². The molecule has 4 rings (SSSR count). The summed E-state index contributed by atoms with van der Waals surface area (Å²) in [5.74, 6) is -0.288. The summed E-state index contributed by atoms with van der Waals surface area (Å²) in [6.45, 7) is 4.17. The van der Waals surface area contributed by atoms with E-state index in [0.717, 1.165) is 62.3 Å². The van der Waals surface area contributed by atoms with E-state index in [-0.39, 0.29) is 23.5 Å². The molecule has 1 aromatic heterocycles. The van der Waals surface area contributed by atoms with E-state index in [0.29, 0.717) is 0 Å². The number of benzene rings is 2. The molecule has 2 aromatic carbocycles. The predicted molar refractivity (Wildman–Crippen MR) is 121 cm³/mol. The third-order valence-electron chi connectivity index (χ3n) is 5.94. The van der Waals surface area contributed by atoms with Crippen molar-refractivity contribution < 1.29 is 13.6 Å². The molecule has 162 valence electrons. The van der Waals surface area contributed by atoms with E-state index in [2.05, 4.69) is 4.90 Å². The average Bonchev–Trinajstić information content (AvgIpc) is 3.33. The normalized spacial score (nSPS) is 14.9. The number of piperazine rings is 1. The van der Waals surface area contributed by atoms with Gasteiger partial charge in [0.05, 0.1) is 5.56 Å². The summed E-state index contributed by atoms with van der Waals surface area (Å²) in [6.07, 6.45) is 1.86. The molecule has 6 heteroatoms. The van der Waals surface area contributed by atoms with Crippen LogP contribution in [0.2, 0.25) is 0 Å². The number of carbonyl (C=O) groups excluding carboxylic acids is 1. The highest BCUT2D eigenvalue weighted by Gasteiger charge is 2.22. The van der Waals surface area contributed by atoms with Gasteiger partial charge in [-0.05, 0) is 66.2 Å². The van der Waals surface area contributed by atoms with Crippen LogP contribution in [0.4, 0.5) is 8.78 Å². The second-order valence-electron chi connectivity index (χ2n) is 7.94. The van der Waals surface area contributed by atoms with E-state index in [1.807, 2.05) is 46.0 Å². The van der Waals surface area contributed by atoms with Crippen molar-refractivity contribution in [3.63, 3.8) is 0 Å². The average molecular weight is 441 g/mol. The number of hydrogen-bond acceptors (Lipinski definition) is 3. The predicted octanol–water partition coefficient (Wildman–Crippen LogP) is 5.40. The van der Waals surface area contributed by atoms with Gasteiger partial charge >= 0.3 is 0 Å². The number of nitrogens with zero attached hydrogens (tertiary/aromatic N) is 2. The minimum Gasteiger partial charge on any atom is -0.336 e. The van der Waals surface area contributed by atoms with E-state index in [4.69, 9.17) is 0 Å². The standard InChI is InChI=1S/C25H26F2N2OS/c26-22-7-3-19(4-8-22)24(20-5-9-23(27)10-6-20)2-1-12-28-13-15-29(16-14-28)25(30)21-11-17-31-18-21/h3-11,17-18,24H,1-2,12-16H2. The summed E-state index contributed by atoms with van der Waals surface area (Å²) in [5.41, 5.74) is 2.86. The van der Waals surface area contributed by atoms with Gasteiger partial charge in [0.15, 0.2) is 0 Å². The second kappa shape index (κ2) is 10.2. The van der Waals surface area contributed by atoms with E-state index < -0.39 is 0 Å². The maximum absolute atomic E-state index is 13.4. The quantitative estimate of drug-likeness (QED) is 0.491. The molecule has 1 saturated heterocycles. The summed E-state index contributed by atoms with van der Waals surface area (Å²) in [6, 6.07) is 15.1. The van der Waals surface area contributed by atoms with Crippen molar-refractivity contribution in [2.75, 3.05) is 32.7 Å². The molecule has 0 aliphatic carbocycles. The van der Waals surface area contributed by atoms with Crippen molar-refractivity contribution in [1.29, 1.82) is 0 Å². The molecule has 0 N–H and O–H groups in total. The molecular weight excluding hydrogens is 414 g/mol. The van der Waals surface area contributed by atoms with Gasteiger partial charge in [-0.1, -0.05) is 24.3 Å². The minimum atomic E-state index is -0.253. The Morgan fingerprint density at radius 2 is 1.45 bits per heavy atom. The van der Waals surface area contributed by atoms with Gasteiger partial charge in [0, 0.05) is 37.5 Å². The number of carbonyl (C=O) groups is 1. The molecule has 0 atom stereocenters. The van der Waals surface area contributed by atoms with Crippen molar-refractivity contribution in [1.82, 2.24) is 9.80 Å². The molecule has 3 nitrogen and oxygen atoms in total. The lowest BCUT2D eigenvalue weighted by atomic mass is 9.87. The van der Waals surface area contributed by atoms with Crippen molar-refractivity contribution in [3.05, 3.63) is 93.7 Å². The first-order valence-corrected chi connectivity index (χ1v) is 11.6. The molecule has 1 aliphatic heterocycles. The van der Waals surface area contributed by atoms with Gasteiger partial charge in [-0.25, -0.2) is 8.78 Å². The zero-order valence-corrected chi connectivity index (χ0v) is 18.2. The zero-order chi connectivity index (χ0) is 21.6. The van der Waals surface area contributed by atoms with Crippen LogP contribution >= 0.6 is 11.3 Å². The van der Waals surface area contributed by atoms with Crippen molar-refractivity contribution in [3.8, 4) is 0 Å². The second-order valence-corrected chi connectivity index (χ2v) is 8.72. The van der Waals surface area contributed by atoms with Gasteiger partial charge in [-0.15, -0.1) is 0 Å². The minimum absolute atomic E-state index is 0.0997. The fraction of sp³-hybridized carbons (Fsp3) is 0.320. The Morgan fingerprint density at radius 1 is 0.871 bits per heavy atom. The Morgan fingerprint density at radius 3 is 1.97 bits per heavy atom. The number of rotatable bonds is 7. The Labute approximate surface area is 185 Å². The van der Waals surface area contributed by atoms with Gasteiger partial charge in [0.25, 0.3) is 5.91 Å². The molecule has 0 unspecified atom stereocenters. The molecule has 1 amide bonds. The Kier molecular flexibility index (Phi) is 7.10. The highest BCUT2D eigenvalue weighted by Crippen LogP contribution is 2.30. The van der Waals surface area contributed by atoms with E-state index in [9.17, 15) is 13.6 Å². The van der Waals surface area contributed by atoms with Crippen LogP contribution in [-0.4, -0.2) is 48.4 Å². The Bertz CT molecular complexity index is 920. The van der Waals surface area contributed by atoms with E-state index in [1.54, 1.807) is 11.3 Å². The van der Waals surface area contributed by atoms with Crippen LogP contribution in [0, 0.1) is 11.6 Å². The Hall–Kier alpha value is -2.57. The first-order chi connectivity index (χ1) is 15.1. The smallest absolute Gasteiger partial charge is 0.254 e. The van der Waals surface area contributed by atoms with Crippen LogP contribution in [0.15, 0.2) is 65.4 Å². The summed E-state index contributed by atoms with van der Waals surface area (Å²) in [4.78, 5) is 16.8. The molecule has 31 heavy (non-hydrogen) atoms. The molecule has 0 saturated carbocycles. The number of halogens is 2. The molecule has 0 spiro atoms. The van der Waals surface area contributed by atoms with Gasteiger partial charge in [0.2, 0.25) is 0 Å². The molecule has 0 bridgehead atoms. The monoisotopic (exact) mass is 440 g/mol. The fourth-order valence-electron chi connectivity index (χ4n) is 4.18. The first kappa shape index (κ1) is 21.7. The van der Waals surface area contributed by atoms with Gasteiger partial charge in [-0.2, -0.15) is 11.3 Å².